The summed E-state index contributed by atoms with van der Waals surface area (Å²) in [5.74, 6) is 0.538. The fraction of sp³-hybridized carbons (Fsp3) is 0.520. The number of fused-ring (bicyclic) bond motifs is 1. The number of H-pyrrole nitrogens is 1. The van der Waals surface area contributed by atoms with Gasteiger partial charge in [-0.25, -0.2) is 9.36 Å². The first kappa shape index (κ1) is 25.6. The number of aromatic nitrogens is 2. The molecule has 0 bridgehead atoms. The van der Waals surface area contributed by atoms with Crippen molar-refractivity contribution in [2.45, 2.75) is 78.2 Å². The molecule has 1 N–H and O–H groups in total. The van der Waals surface area contributed by atoms with Crippen LogP contribution in [-0.4, -0.2) is 22.3 Å². The number of nitrogens with one attached hydrogen (secondary N) is 1. The van der Waals surface area contributed by atoms with Gasteiger partial charge in [-0.2, -0.15) is 0 Å². The summed E-state index contributed by atoms with van der Waals surface area (Å²) in [7, 11) is -3.90. The van der Waals surface area contributed by atoms with Crippen molar-refractivity contribution in [3.63, 3.8) is 0 Å². The van der Waals surface area contributed by atoms with Crippen LogP contribution in [0.4, 0.5) is 0 Å². The molecule has 10 heteroatoms. The minimum absolute atomic E-state index is 0.0678. The summed E-state index contributed by atoms with van der Waals surface area (Å²) >= 11 is 0. The van der Waals surface area contributed by atoms with E-state index in [1.165, 1.54) is 10.8 Å². The number of aromatic amines is 1. The Kier molecular flexibility index (Phi) is 6.51. The Morgan fingerprint density at radius 1 is 1.11 bits per heavy atom. The molecule has 3 heterocycles. The molecule has 0 saturated carbocycles. The van der Waals surface area contributed by atoms with Crippen molar-refractivity contribution < 1.29 is 22.9 Å². The maximum Gasteiger partial charge on any atom is 0.530 e. The quantitative estimate of drug-likeness (QED) is 0.478. The average Bonchev–Trinajstić information content (AvgIpc) is 3.21. The zero-order valence-corrected chi connectivity index (χ0v) is 22.1. The monoisotopic (exact) mass is 504 g/mol. The van der Waals surface area contributed by atoms with E-state index in [1.54, 1.807) is 19.1 Å². The Hall–Kier alpha value is -2.45. The van der Waals surface area contributed by atoms with Gasteiger partial charge in [0.25, 0.3) is 5.56 Å². The standard InChI is InChI=1S/C25H33N2O7P/c1-15-12-27(23(29)26-22(15)28)20-9-8-18(33-20)14-32-35(30)31-13-16-10-17(24(2,3)4)11-19(21(16)34-35)25(5,6)7/h8-12,18,20H,13-14H2,1-7H3,(H,26,28,29)/t18-,20+,35?/m0/s1. The summed E-state index contributed by atoms with van der Waals surface area (Å²) in [5.41, 5.74) is 1.97. The molecular weight excluding hydrogens is 471 g/mol. The van der Waals surface area contributed by atoms with Crippen molar-refractivity contribution in [3.05, 3.63) is 73.6 Å². The number of rotatable bonds is 4. The Labute approximate surface area is 204 Å². The van der Waals surface area contributed by atoms with Crippen LogP contribution in [-0.2, 0) is 35.8 Å². The van der Waals surface area contributed by atoms with Gasteiger partial charge in [0.05, 0.1) is 13.2 Å². The highest BCUT2D eigenvalue weighted by Crippen LogP contribution is 2.57. The van der Waals surface area contributed by atoms with Crippen LogP contribution >= 0.6 is 7.82 Å². The number of hydrogen-bond donors (Lipinski definition) is 1. The van der Waals surface area contributed by atoms with E-state index >= 15 is 0 Å². The molecule has 0 spiro atoms. The first-order chi connectivity index (χ1) is 16.2. The lowest BCUT2D eigenvalue weighted by molar-refractivity contribution is -0.0131. The largest absolute Gasteiger partial charge is 0.530 e. The predicted octanol–water partition coefficient (Wildman–Crippen LogP) is 4.63. The number of ether oxygens (including phenoxy) is 1. The van der Waals surface area contributed by atoms with E-state index < -0.39 is 31.4 Å². The molecule has 2 aliphatic heterocycles. The van der Waals surface area contributed by atoms with E-state index in [2.05, 4.69) is 52.6 Å². The predicted molar refractivity (Wildman–Crippen MR) is 132 cm³/mol. The van der Waals surface area contributed by atoms with E-state index in [1.807, 2.05) is 6.07 Å². The van der Waals surface area contributed by atoms with E-state index in [0.717, 1.165) is 16.7 Å². The third kappa shape index (κ3) is 5.38. The maximum atomic E-state index is 13.4. The van der Waals surface area contributed by atoms with Crippen molar-refractivity contribution in [1.29, 1.82) is 0 Å². The molecule has 3 atom stereocenters. The van der Waals surface area contributed by atoms with Crippen LogP contribution in [0.1, 0.15) is 70.0 Å². The zero-order valence-electron chi connectivity index (χ0n) is 21.2. The van der Waals surface area contributed by atoms with Gasteiger partial charge in [0.2, 0.25) is 0 Å². The first-order valence-corrected chi connectivity index (χ1v) is 13.0. The van der Waals surface area contributed by atoms with Crippen LogP contribution in [0.15, 0.2) is 40.1 Å². The number of aryl methyl sites for hydroxylation is 1. The summed E-state index contributed by atoms with van der Waals surface area (Å²) in [6, 6.07) is 4.14. The minimum Gasteiger partial charge on any atom is -0.403 e. The highest BCUT2D eigenvalue weighted by Gasteiger charge is 2.39. The van der Waals surface area contributed by atoms with Crippen molar-refractivity contribution >= 4 is 7.82 Å². The molecule has 0 saturated heterocycles. The minimum atomic E-state index is -3.90. The average molecular weight is 505 g/mol. The topological polar surface area (TPSA) is 109 Å². The van der Waals surface area contributed by atoms with Crippen LogP contribution in [0, 0.1) is 6.92 Å². The number of hydrogen-bond acceptors (Lipinski definition) is 7. The lowest BCUT2D eigenvalue weighted by Crippen LogP contribution is -2.33. The summed E-state index contributed by atoms with van der Waals surface area (Å²) in [6.45, 7) is 14.3. The van der Waals surface area contributed by atoms with Gasteiger partial charge in [0.1, 0.15) is 11.9 Å². The van der Waals surface area contributed by atoms with Gasteiger partial charge in [0, 0.05) is 22.9 Å². The number of phosphoric ester groups is 1. The van der Waals surface area contributed by atoms with Gasteiger partial charge < -0.3 is 9.26 Å². The Morgan fingerprint density at radius 2 is 1.83 bits per heavy atom. The van der Waals surface area contributed by atoms with Crippen molar-refractivity contribution in [2.75, 3.05) is 6.61 Å². The third-order valence-corrected chi connectivity index (χ3v) is 7.36. The highest BCUT2D eigenvalue weighted by atomic mass is 31.2. The molecule has 9 nitrogen and oxygen atoms in total. The molecule has 1 unspecified atom stereocenters. The SMILES string of the molecule is Cc1cn([C@H]2C=C[C@@H](COP3(=O)OCc4cc(C(C)(C)C)cc(C(C)(C)C)c4O3)O2)c(=O)[nH]c1=O. The fourth-order valence-electron chi connectivity index (χ4n) is 3.93. The Bertz CT molecular complexity index is 1330. The Balaban J connectivity index is 1.49. The normalized spacial score (nSPS) is 24.3. The van der Waals surface area contributed by atoms with Gasteiger partial charge in [-0.15, -0.1) is 0 Å². The van der Waals surface area contributed by atoms with Crippen LogP contribution in [0.25, 0.3) is 0 Å². The van der Waals surface area contributed by atoms with E-state index in [-0.39, 0.29) is 24.0 Å². The van der Waals surface area contributed by atoms with Crippen LogP contribution in [0.3, 0.4) is 0 Å². The Morgan fingerprint density at radius 3 is 2.49 bits per heavy atom. The van der Waals surface area contributed by atoms with Gasteiger partial charge in [-0.05, 0) is 35.5 Å². The van der Waals surface area contributed by atoms with Crippen molar-refractivity contribution in [2.24, 2.45) is 0 Å². The number of phosphoric acid groups is 1. The molecule has 1 aromatic heterocycles. The molecule has 1 aromatic carbocycles. The van der Waals surface area contributed by atoms with Gasteiger partial charge in [-0.3, -0.25) is 23.4 Å². The van der Waals surface area contributed by atoms with E-state index in [0.29, 0.717) is 11.3 Å². The second-order valence-corrected chi connectivity index (χ2v) is 12.6. The lowest BCUT2D eigenvalue weighted by Gasteiger charge is -2.33. The molecule has 4 rings (SSSR count). The summed E-state index contributed by atoms with van der Waals surface area (Å²) in [5, 5.41) is 0. The van der Waals surface area contributed by atoms with Gasteiger partial charge >= 0.3 is 13.5 Å². The molecule has 35 heavy (non-hydrogen) atoms. The smallest absolute Gasteiger partial charge is 0.403 e. The summed E-state index contributed by atoms with van der Waals surface area (Å²) < 4.78 is 37.6. The highest BCUT2D eigenvalue weighted by molar-refractivity contribution is 7.49. The maximum absolute atomic E-state index is 13.4. The molecule has 0 radical (unpaired) electrons. The molecule has 2 aliphatic rings. The third-order valence-electron chi connectivity index (χ3n) is 6.04. The number of benzene rings is 1. The lowest BCUT2D eigenvalue weighted by atomic mass is 9.79. The first-order valence-electron chi connectivity index (χ1n) is 11.6. The second kappa shape index (κ2) is 8.89. The molecule has 0 amide bonds. The van der Waals surface area contributed by atoms with Gasteiger partial charge in [-0.1, -0.05) is 53.7 Å². The van der Waals surface area contributed by atoms with Gasteiger partial charge in [0.15, 0.2) is 6.23 Å². The molecule has 0 aliphatic carbocycles. The zero-order chi connectivity index (χ0) is 25.8. The molecule has 190 valence electrons. The summed E-state index contributed by atoms with van der Waals surface area (Å²) in [6.07, 6.45) is 3.52. The summed E-state index contributed by atoms with van der Waals surface area (Å²) in [4.78, 5) is 26.0. The fourth-order valence-corrected chi connectivity index (χ4v) is 5.17. The molecule has 2 aromatic rings. The van der Waals surface area contributed by atoms with Crippen LogP contribution in [0.5, 0.6) is 5.75 Å². The second-order valence-electron chi connectivity index (χ2n) is 11.0. The molecular formula is C25H33N2O7P. The van der Waals surface area contributed by atoms with E-state index in [4.69, 9.17) is 18.3 Å². The number of nitrogens with zero attached hydrogens (tertiary/aromatic N) is 1. The van der Waals surface area contributed by atoms with Crippen molar-refractivity contribution in [1.82, 2.24) is 9.55 Å². The molecule has 0 fully saturated rings. The van der Waals surface area contributed by atoms with Crippen molar-refractivity contribution in [3.8, 4) is 5.75 Å². The van der Waals surface area contributed by atoms with E-state index in [9.17, 15) is 14.2 Å². The van der Waals surface area contributed by atoms with Crippen LogP contribution < -0.4 is 15.8 Å². The van der Waals surface area contributed by atoms with Crippen LogP contribution in [0.2, 0.25) is 0 Å².